The van der Waals surface area contributed by atoms with Crippen LogP contribution >= 0.6 is 11.8 Å². The highest BCUT2D eigenvalue weighted by Gasteiger charge is 2.15. The lowest BCUT2D eigenvalue weighted by Gasteiger charge is -2.21. The van der Waals surface area contributed by atoms with Crippen molar-refractivity contribution in [1.82, 2.24) is 5.32 Å². The Morgan fingerprint density at radius 2 is 2.00 bits per heavy atom. The molecule has 1 N–H and O–H groups in total. The Hall–Kier alpha value is -0.670. The first kappa shape index (κ1) is 18.4. The van der Waals surface area contributed by atoms with E-state index >= 15 is 0 Å². The topological polar surface area (TPSA) is 21.3 Å². The summed E-state index contributed by atoms with van der Waals surface area (Å²) in [6.07, 6.45) is 5.12. The zero-order valence-electron chi connectivity index (χ0n) is 14.1. The number of thioether (sulfide) groups is 1. The standard InChI is InChI=1S/C18H31NOS/c1-5-7-8-12-21-14-17(19-11-6-2)16-13-15(3)9-10-18(16)20-4/h9-10,13,17,19H,5-8,11-12,14H2,1-4H3. The number of ether oxygens (including phenoxy) is 1. The summed E-state index contributed by atoms with van der Waals surface area (Å²) in [5.41, 5.74) is 2.60. The number of hydrogen-bond donors (Lipinski definition) is 1. The number of aryl methyl sites for hydroxylation is 1. The van der Waals surface area contributed by atoms with Gasteiger partial charge in [-0.2, -0.15) is 11.8 Å². The largest absolute Gasteiger partial charge is 0.496 e. The molecule has 1 rings (SSSR count). The van der Waals surface area contributed by atoms with E-state index < -0.39 is 0 Å². The molecule has 0 aliphatic rings. The van der Waals surface area contributed by atoms with Crippen LogP contribution in [0.5, 0.6) is 5.75 Å². The fourth-order valence-corrected chi connectivity index (χ4v) is 3.47. The van der Waals surface area contributed by atoms with Crippen LogP contribution in [0.4, 0.5) is 0 Å². The van der Waals surface area contributed by atoms with Crippen LogP contribution in [0.3, 0.4) is 0 Å². The number of nitrogens with one attached hydrogen (secondary N) is 1. The van der Waals surface area contributed by atoms with Gasteiger partial charge in [0.25, 0.3) is 0 Å². The normalized spacial score (nSPS) is 12.4. The fourth-order valence-electron chi connectivity index (χ4n) is 2.36. The Balaban J connectivity index is 2.69. The van der Waals surface area contributed by atoms with Crippen LogP contribution in [0.1, 0.15) is 56.7 Å². The molecule has 0 amide bonds. The molecule has 2 nitrogen and oxygen atoms in total. The quantitative estimate of drug-likeness (QED) is 0.583. The van der Waals surface area contributed by atoms with Crippen LogP contribution in [-0.4, -0.2) is 25.2 Å². The van der Waals surface area contributed by atoms with E-state index in [1.807, 2.05) is 0 Å². The van der Waals surface area contributed by atoms with Crippen LogP contribution in [0, 0.1) is 6.92 Å². The number of rotatable bonds is 11. The van der Waals surface area contributed by atoms with Gasteiger partial charge in [-0.15, -0.1) is 0 Å². The highest BCUT2D eigenvalue weighted by atomic mass is 32.2. The molecule has 21 heavy (non-hydrogen) atoms. The molecule has 120 valence electrons. The van der Waals surface area contributed by atoms with Gasteiger partial charge < -0.3 is 10.1 Å². The second kappa shape index (κ2) is 11.0. The van der Waals surface area contributed by atoms with Crippen molar-refractivity contribution in [2.45, 2.75) is 52.5 Å². The highest BCUT2D eigenvalue weighted by molar-refractivity contribution is 7.99. The Bertz CT molecular complexity index is 395. The van der Waals surface area contributed by atoms with E-state index in [-0.39, 0.29) is 0 Å². The third-order valence-electron chi connectivity index (χ3n) is 3.58. The van der Waals surface area contributed by atoms with Crippen molar-refractivity contribution in [3.63, 3.8) is 0 Å². The van der Waals surface area contributed by atoms with Crippen molar-refractivity contribution in [2.75, 3.05) is 25.2 Å². The summed E-state index contributed by atoms with van der Waals surface area (Å²) in [6.45, 7) is 7.67. The van der Waals surface area contributed by atoms with Crippen LogP contribution in [0.25, 0.3) is 0 Å². The van der Waals surface area contributed by atoms with E-state index in [0.717, 1.165) is 24.5 Å². The van der Waals surface area contributed by atoms with E-state index in [1.54, 1.807) is 7.11 Å². The van der Waals surface area contributed by atoms with Gasteiger partial charge in [-0.25, -0.2) is 0 Å². The summed E-state index contributed by atoms with van der Waals surface area (Å²) in [5, 5.41) is 3.68. The second-order valence-corrected chi connectivity index (χ2v) is 6.68. The molecule has 0 heterocycles. The van der Waals surface area contributed by atoms with Crippen molar-refractivity contribution >= 4 is 11.8 Å². The number of hydrogen-bond acceptors (Lipinski definition) is 3. The van der Waals surface area contributed by atoms with E-state index in [9.17, 15) is 0 Å². The summed E-state index contributed by atoms with van der Waals surface area (Å²) in [5.74, 6) is 3.37. The average molecular weight is 310 g/mol. The zero-order chi connectivity index (χ0) is 15.5. The highest BCUT2D eigenvalue weighted by Crippen LogP contribution is 2.29. The molecule has 0 fully saturated rings. The van der Waals surface area contributed by atoms with E-state index in [2.05, 4.69) is 56.0 Å². The fraction of sp³-hybridized carbons (Fsp3) is 0.667. The molecule has 0 aromatic heterocycles. The number of benzene rings is 1. The molecule has 0 saturated heterocycles. The third-order valence-corrected chi connectivity index (χ3v) is 4.72. The molecular weight excluding hydrogens is 278 g/mol. The first-order valence-electron chi connectivity index (χ1n) is 8.18. The molecule has 0 spiro atoms. The maximum absolute atomic E-state index is 5.56. The smallest absolute Gasteiger partial charge is 0.123 e. The summed E-state index contributed by atoms with van der Waals surface area (Å²) >= 11 is 2.05. The van der Waals surface area contributed by atoms with Crippen LogP contribution in [-0.2, 0) is 0 Å². The monoisotopic (exact) mass is 309 g/mol. The van der Waals surface area contributed by atoms with Gasteiger partial charge in [0.15, 0.2) is 0 Å². The number of unbranched alkanes of at least 4 members (excludes halogenated alkanes) is 2. The molecule has 1 unspecified atom stereocenters. The molecule has 1 aromatic rings. The van der Waals surface area contributed by atoms with Crippen LogP contribution in [0.15, 0.2) is 18.2 Å². The van der Waals surface area contributed by atoms with Gasteiger partial charge in [0.05, 0.1) is 7.11 Å². The van der Waals surface area contributed by atoms with Gasteiger partial charge in [0, 0.05) is 17.4 Å². The number of methoxy groups -OCH3 is 1. The van der Waals surface area contributed by atoms with Crippen molar-refractivity contribution in [1.29, 1.82) is 0 Å². The molecule has 3 heteroatoms. The predicted octanol–water partition coefficient (Wildman–Crippen LogP) is 4.97. The lowest BCUT2D eigenvalue weighted by Crippen LogP contribution is -2.25. The Morgan fingerprint density at radius 3 is 2.67 bits per heavy atom. The summed E-state index contributed by atoms with van der Waals surface area (Å²) in [4.78, 5) is 0. The molecule has 0 saturated carbocycles. The van der Waals surface area contributed by atoms with Crippen molar-refractivity contribution < 1.29 is 4.74 Å². The second-order valence-electron chi connectivity index (χ2n) is 5.53. The lowest BCUT2D eigenvalue weighted by molar-refractivity contribution is 0.402. The van der Waals surface area contributed by atoms with Gasteiger partial charge in [-0.3, -0.25) is 0 Å². The lowest BCUT2D eigenvalue weighted by atomic mass is 10.0. The van der Waals surface area contributed by atoms with Gasteiger partial charge in [0.1, 0.15) is 5.75 Å². The van der Waals surface area contributed by atoms with Crippen molar-refractivity contribution in [3.05, 3.63) is 29.3 Å². The Morgan fingerprint density at radius 1 is 1.19 bits per heavy atom. The van der Waals surface area contributed by atoms with Gasteiger partial charge in [0.2, 0.25) is 0 Å². The SMILES string of the molecule is CCCCCSCC(NCCC)c1cc(C)ccc1OC. The average Bonchev–Trinajstić information content (AvgIpc) is 2.50. The first-order chi connectivity index (χ1) is 10.2. The molecule has 1 aromatic carbocycles. The summed E-state index contributed by atoms with van der Waals surface area (Å²) in [6, 6.07) is 6.85. The molecule has 0 aliphatic carbocycles. The van der Waals surface area contributed by atoms with Crippen molar-refractivity contribution in [3.8, 4) is 5.75 Å². The molecule has 1 atom stereocenters. The van der Waals surface area contributed by atoms with Crippen LogP contribution in [0.2, 0.25) is 0 Å². The minimum Gasteiger partial charge on any atom is -0.496 e. The Labute approximate surface area is 135 Å². The maximum atomic E-state index is 5.56. The van der Waals surface area contributed by atoms with Gasteiger partial charge in [-0.1, -0.05) is 44.4 Å². The Kier molecular flexibility index (Phi) is 9.60. The van der Waals surface area contributed by atoms with E-state index in [4.69, 9.17) is 4.74 Å². The van der Waals surface area contributed by atoms with E-state index in [0.29, 0.717) is 6.04 Å². The zero-order valence-corrected chi connectivity index (χ0v) is 14.9. The maximum Gasteiger partial charge on any atom is 0.123 e. The predicted molar refractivity (Wildman–Crippen MR) is 95.6 cm³/mol. The molecular formula is C18H31NOS. The molecule has 0 aliphatic heterocycles. The first-order valence-corrected chi connectivity index (χ1v) is 9.34. The van der Waals surface area contributed by atoms with Gasteiger partial charge >= 0.3 is 0 Å². The van der Waals surface area contributed by atoms with Crippen molar-refractivity contribution in [2.24, 2.45) is 0 Å². The summed E-state index contributed by atoms with van der Waals surface area (Å²) in [7, 11) is 1.76. The molecule has 0 bridgehead atoms. The third kappa shape index (κ3) is 6.75. The minimum atomic E-state index is 0.381. The minimum absolute atomic E-state index is 0.381. The van der Waals surface area contributed by atoms with Crippen LogP contribution < -0.4 is 10.1 Å². The van der Waals surface area contributed by atoms with Gasteiger partial charge in [-0.05, 0) is 38.1 Å². The molecule has 0 radical (unpaired) electrons. The van der Waals surface area contributed by atoms with E-state index in [1.165, 1.54) is 36.1 Å². The summed E-state index contributed by atoms with van der Waals surface area (Å²) < 4.78 is 5.56.